The second-order valence-corrected chi connectivity index (χ2v) is 8.51. The molecule has 0 spiro atoms. The van der Waals surface area contributed by atoms with Crippen molar-refractivity contribution in [3.63, 3.8) is 0 Å². The summed E-state index contributed by atoms with van der Waals surface area (Å²) in [5, 5.41) is 3.50. The lowest BCUT2D eigenvalue weighted by Gasteiger charge is -2.34. The fraction of sp³-hybridized carbons (Fsp3) is 0.579. The van der Waals surface area contributed by atoms with Crippen molar-refractivity contribution in [1.29, 1.82) is 0 Å². The van der Waals surface area contributed by atoms with E-state index in [1.54, 1.807) is 22.7 Å². The number of piperazine rings is 1. The maximum Gasteiger partial charge on any atom is 0.321 e. The average Bonchev–Trinajstić information content (AvgIpc) is 2.61. The molecule has 26 heavy (non-hydrogen) atoms. The van der Waals surface area contributed by atoms with E-state index in [9.17, 15) is 9.59 Å². The van der Waals surface area contributed by atoms with E-state index in [1.165, 1.54) is 0 Å². The van der Waals surface area contributed by atoms with Gasteiger partial charge in [0.2, 0.25) is 5.91 Å². The first-order chi connectivity index (χ1) is 12.4. The second-order valence-electron chi connectivity index (χ2n) is 7.00. The van der Waals surface area contributed by atoms with Gasteiger partial charge in [-0.2, -0.15) is 11.8 Å². The molecule has 1 aromatic carbocycles. The molecule has 2 rings (SSSR count). The van der Waals surface area contributed by atoms with E-state index < -0.39 is 0 Å². The van der Waals surface area contributed by atoms with Crippen LogP contribution in [0.2, 0.25) is 5.02 Å². The van der Waals surface area contributed by atoms with Gasteiger partial charge >= 0.3 is 6.03 Å². The summed E-state index contributed by atoms with van der Waals surface area (Å²) in [7, 11) is 0. The van der Waals surface area contributed by atoms with E-state index in [0.717, 1.165) is 17.7 Å². The van der Waals surface area contributed by atoms with E-state index in [0.29, 0.717) is 48.6 Å². The zero-order chi connectivity index (χ0) is 19.1. The second kappa shape index (κ2) is 10.1. The van der Waals surface area contributed by atoms with Crippen molar-refractivity contribution in [3.8, 4) is 0 Å². The summed E-state index contributed by atoms with van der Waals surface area (Å²) in [4.78, 5) is 28.2. The largest absolute Gasteiger partial charge is 0.338 e. The lowest BCUT2D eigenvalue weighted by Crippen LogP contribution is -2.52. The van der Waals surface area contributed by atoms with Crippen molar-refractivity contribution in [2.75, 3.05) is 43.0 Å². The minimum absolute atomic E-state index is 0.150. The molecule has 1 aromatic rings. The standard InChI is InChI=1S/C19H28ClN3O2S/c1-14(2)6-11-26-13-18(24)22-7-9-23(10-8-22)19(25)21-16-5-4-15(3)17(20)12-16/h4-5,12,14H,6-11,13H2,1-3H3,(H,21,25). The highest BCUT2D eigenvalue weighted by atomic mass is 35.5. The van der Waals surface area contributed by atoms with Crippen LogP contribution in [-0.2, 0) is 4.79 Å². The SMILES string of the molecule is Cc1ccc(NC(=O)N2CCN(C(=O)CSCCC(C)C)CC2)cc1Cl. The predicted octanol–water partition coefficient (Wildman–Crippen LogP) is 4.10. The number of benzene rings is 1. The maximum absolute atomic E-state index is 12.4. The van der Waals surface area contributed by atoms with E-state index >= 15 is 0 Å². The summed E-state index contributed by atoms with van der Waals surface area (Å²) >= 11 is 7.79. The van der Waals surface area contributed by atoms with Crippen molar-refractivity contribution in [3.05, 3.63) is 28.8 Å². The number of hydrogen-bond donors (Lipinski definition) is 1. The van der Waals surface area contributed by atoms with Crippen LogP contribution in [0.25, 0.3) is 0 Å². The van der Waals surface area contributed by atoms with Crippen molar-refractivity contribution in [1.82, 2.24) is 9.80 Å². The van der Waals surface area contributed by atoms with Gasteiger partial charge in [0.15, 0.2) is 0 Å². The quantitative estimate of drug-likeness (QED) is 0.735. The zero-order valence-electron chi connectivity index (χ0n) is 15.8. The van der Waals surface area contributed by atoms with Gasteiger partial charge in [0.25, 0.3) is 0 Å². The van der Waals surface area contributed by atoms with Crippen molar-refractivity contribution in [2.45, 2.75) is 27.2 Å². The molecule has 0 unspecified atom stereocenters. The molecule has 0 aromatic heterocycles. The molecule has 0 bridgehead atoms. The van der Waals surface area contributed by atoms with E-state index in [2.05, 4.69) is 19.2 Å². The van der Waals surface area contributed by atoms with Crippen LogP contribution in [0.15, 0.2) is 18.2 Å². The molecule has 1 fully saturated rings. The fourth-order valence-electron chi connectivity index (χ4n) is 2.60. The zero-order valence-corrected chi connectivity index (χ0v) is 17.3. The summed E-state index contributed by atoms with van der Waals surface area (Å²) in [5.74, 6) is 2.39. The molecule has 144 valence electrons. The third-order valence-electron chi connectivity index (χ3n) is 4.41. The highest BCUT2D eigenvalue weighted by Crippen LogP contribution is 2.20. The van der Waals surface area contributed by atoms with Gasteiger partial charge in [0.05, 0.1) is 5.75 Å². The van der Waals surface area contributed by atoms with Crippen LogP contribution in [0.4, 0.5) is 10.5 Å². The van der Waals surface area contributed by atoms with E-state index in [4.69, 9.17) is 11.6 Å². The Morgan fingerprint density at radius 3 is 2.46 bits per heavy atom. The van der Waals surface area contributed by atoms with Crippen molar-refractivity contribution < 1.29 is 9.59 Å². The number of carbonyl (C=O) groups excluding carboxylic acids is 2. The molecule has 3 amide bonds. The minimum atomic E-state index is -0.150. The summed E-state index contributed by atoms with van der Waals surface area (Å²) < 4.78 is 0. The first-order valence-corrected chi connectivity index (χ1v) is 10.6. The highest BCUT2D eigenvalue weighted by Gasteiger charge is 2.24. The summed E-state index contributed by atoms with van der Waals surface area (Å²) in [6.07, 6.45) is 1.13. The topological polar surface area (TPSA) is 52.7 Å². The monoisotopic (exact) mass is 397 g/mol. The summed E-state index contributed by atoms with van der Waals surface area (Å²) in [6.45, 7) is 8.58. The molecule has 1 saturated heterocycles. The Bertz CT molecular complexity index is 631. The van der Waals surface area contributed by atoms with Crippen LogP contribution in [0.1, 0.15) is 25.8 Å². The Kier molecular flexibility index (Phi) is 8.10. The fourth-order valence-corrected chi connectivity index (χ4v) is 3.92. The van der Waals surface area contributed by atoms with Gasteiger partial charge in [0.1, 0.15) is 0 Å². The summed E-state index contributed by atoms with van der Waals surface area (Å²) in [6, 6.07) is 5.32. The van der Waals surface area contributed by atoms with Crippen LogP contribution in [-0.4, -0.2) is 59.4 Å². The Balaban J connectivity index is 1.74. The number of thioether (sulfide) groups is 1. The van der Waals surface area contributed by atoms with Crippen LogP contribution < -0.4 is 5.32 Å². The van der Waals surface area contributed by atoms with Gasteiger partial charge in [-0.25, -0.2) is 4.79 Å². The van der Waals surface area contributed by atoms with Crippen molar-refractivity contribution in [2.24, 2.45) is 5.92 Å². The number of anilines is 1. The number of rotatable bonds is 6. The molecule has 1 aliphatic rings. The molecular formula is C19H28ClN3O2S. The normalized spacial score (nSPS) is 14.7. The van der Waals surface area contributed by atoms with Crippen LogP contribution in [0, 0.1) is 12.8 Å². The Morgan fingerprint density at radius 1 is 1.19 bits per heavy atom. The average molecular weight is 398 g/mol. The molecule has 1 N–H and O–H groups in total. The Morgan fingerprint density at radius 2 is 1.85 bits per heavy atom. The first-order valence-electron chi connectivity index (χ1n) is 9.04. The third-order valence-corrected chi connectivity index (χ3v) is 5.79. The van der Waals surface area contributed by atoms with Gasteiger partial charge in [0, 0.05) is 36.9 Å². The number of urea groups is 1. The van der Waals surface area contributed by atoms with Gasteiger partial charge < -0.3 is 15.1 Å². The molecule has 1 heterocycles. The Labute approximate surface area is 165 Å². The number of amides is 3. The molecule has 5 nitrogen and oxygen atoms in total. The molecule has 0 atom stereocenters. The molecular weight excluding hydrogens is 370 g/mol. The molecule has 7 heteroatoms. The van der Waals surface area contributed by atoms with Crippen LogP contribution in [0.5, 0.6) is 0 Å². The summed E-state index contributed by atoms with van der Waals surface area (Å²) in [5.41, 5.74) is 1.66. The number of hydrogen-bond acceptors (Lipinski definition) is 3. The molecule has 0 aliphatic carbocycles. The third kappa shape index (κ3) is 6.40. The van der Waals surface area contributed by atoms with E-state index in [1.807, 2.05) is 24.0 Å². The number of aryl methyl sites for hydroxylation is 1. The van der Waals surface area contributed by atoms with Crippen LogP contribution in [0.3, 0.4) is 0 Å². The Hall–Kier alpha value is -1.40. The van der Waals surface area contributed by atoms with Crippen molar-refractivity contribution >= 4 is 41.0 Å². The van der Waals surface area contributed by atoms with E-state index in [-0.39, 0.29) is 11.9 Å². The molecule has 1 aliphatic heterocycles. The highest BCUT2D eigenvalue weighted by molar-refractivity contribution is 7.99. The smallest absolute Gasteiger partial charge is 0.321 e. The first kappa shape index (κ1) is 20.9. The number of nitrogens with one attached hydrogen (secondary N) is 1. The predicted molar refractivity (Wildman–Crippen MR) is 110 cm³/mol. The molecule has 0 radical (unpaired) electrons. The molecule has 0 saturated carbocycles. The number of nitrogens with zero attached hydrogens (tertiary/aromatic N) is 2. The lowest BCUT2D eigenvalue weighted by molar-refractivity contribution is -0.129. The van der Waals surface area contributed by atoms with Gasteiger partial charge in [-0.1, -0.05) is 31.5 Å². The van der Waals surface area contributed by atoms with Gasteiger partial charge in [-0.05, 0) is 42.7 Å². The lowest BCUT2D eigenvalue weighted by atomic mass is 10.2. The number of halogens is 1. The minimum Gasteiger partial charge on any atom is -0.338 e. The maximum atomic E-state index is 12.4. The van der Waals surface area contributed by atoms with Gasteiger partial charge in [-0.15, -0.1) is 0 Å². The van der Waals surface area contributed by atoms with Gasteiger partial charge in [-0.3, -0.25) is 4.79 Å². The van der Waals surface area contributed by atoms with Crippen LogP contribution >= 0.6 is 23.4 Å². The number of carbonyl (C=O) groups is 2.